The number of hydrogen-bond acceptors (Lipinski definition) is 1. The summed E-state index contributed by atoms with van der Waals surface area (Å²) in [5, 5.41) is 1.67. The summed E-state index contributed by atoms with van der Waals surface area (Å²) in [5.74, 6) is -0.427. The van der Waals surface area contributed by atoms with Gasteiger partial charge < -0.3 is 0 Å². The van der Waals surface area contributed by atoms with E-state index in [9.17, 15) is 9.30 Å². The number of halogens is 1. The van der Waals surface area contributed by atoms with E-state index in [1.807, 2.05) is 0 Å². The van der Waals surface area contributed by atoms with Crippen LogP contribution in [0.4, 0.5) is 10.1 Å². The van der Waals surface area contributed by atoms with Gasteiger partial charge >= 0.3 is 0 Å². The molecule has 0 fully saturated rings. The van der Waals surface area contributed by atoms with E-state index in [0.717, 1.165) is 0 Å². The van der Waals surface area contributed by atoms with Gasteiger partial charge in [0.15, 0.2) is 0 Å². The Kier molecular flexibility index (Phi) is 2.33. The van der Waals surface area contributed by atoms with Crippen LogP contribution < -0.4 is 5.18 Å². The molecule has 1 rings (SSSR count). The maximum Gasteiger partial charge on any atom is 0.263 e. The van der Waals surface area contributed by atoms with E-state index >= 15 is 0 Å². The van der Waals surface area contributed by atoms with Crippen LogP contribution in [0.25, 0.3) is 5.57 Å². The fourth-order valence-corrected chi connectivity index (χ4v) is 1.04. The van der Waals surface area contributed by atoms with Gasteiger partial charge in [0.2, 0.25) is 0 Å². The highest BCUT2D eigenvalue weighted by atomic mass is 19.1. The first-order chi connectivity index (χ1) is 5.66. The number of nitrogens with one attached hydrogen (secondary N) is 1. The molecule has 0 aliphatic rings. The van der Waals surface area contributed by atoms with Crippen molar-refractivity contribution in [3.05, 3.63) is 41.1 Å². The summed E-state index contributed by atoms with van der Waals surface area (Å²) in [4.78, 5) is 10.4. The molecular formula is C9H9FNO+. The maximum atomic E-state index is 13.0. The van der Waals surface area contributed by atoms with Gasteiger partial charge in [-0.05, 0) is 18.6 Å². The van der Waals surface area contributed by atoms with Crippen LogP contribution >= 0.6 is 0 Å². The number of nitroso groups, excluding NO2 is 1. The Hall–Kier alpha value is -1.51. The molecule has 0 radical (unpaired) electrons. The summed E-state index contributed by atoms with van der Waals surface area (Å²) < 4.78 is 13.0. The monoisotopic (exact) mass is 166 g/mol. The average Bonchev–Trinajstić information content (AvgIpc) is 2.03. The van der Waals surface area contributed by atoms with Gasteiger partial charge in [-0.15, -0.1) is 0 Å². The first-order valence-corrected chi connectivity index (χ1v) is 3.49. The summed E-state index contributed by atoms with van der Waals surface area (Å²) in [6.07, 6.45) is 0. The van der Waals surface area contributed by atoms with Crippen molar-refractivity contribution >= 4 is 11.3 Å². The maximum absolute atomic E-state index is 13.0. The van der Waals surface area contributed by atoms with E-state index in [1.165, 1.54) is 18.2 Å². The van der Waals surface area contributed by atoms with Crippen molar-refractivity contribution in [1.29, 1.82) is 0 Å². The Morgan fingerprint density at radius 2 is 2.25 bits per heavy atom. The molecular weight excluding hydrogens is 157 g/mol. The van der Waals surface area contributed by atoms with Gasteiger partial charge in [-0.1, -0.05) is 12.6 Å². The topological polar surface area (TPSA) is 31.0 Å². The van der Waals surface area contributed by atoms with Crippen molar-refractivity contribution in [2.75, 3.05) is 0 Å². The Bertz CT molecular complexity index is 333. The molecule has 2 nitrogen and oxygen atoms in total. The minimum atomic E-state index is -0.427. The van der Waals surface area contributed by atoms with Gasteiger partial charge in [0, 0.05) is 16.2 Å². The summed E-state index contributed by atoms with van der Waals surface area (Å²) in [5.41, 5.74) is 1.02. The third kappa shape index (κ3) is 1.39. The highest BCUT2D eigenvalue weighted by Crippen LogP contribution is 2.21. The quantitative estimate of drug-likeness (QED) is 0.706. The van der Waals surface area contributed by atoms with Crippen molar-refractivity contribution in [2.45, 2.75) is 6.92 Å². The molecule has 0 saturated carbocycles. The zero-order valence-corrected chi connectivity index (χ0v) is 6.73. The Morgan fingerprint density at radius 3 is 2.67 bits per heavy atom. The number of hydrogen-bond donors (Lipinski definition) is 1. The minimum absolute atomic E-state index is 0.225. The van der Waals surface area contributed by atoms with Crippen LogP contribution in [-0.4, -0.2) is 0 Å². The van der Waals surface area contributed by atoms with E-state index in [2.05, 4.69) is 6.58 Å². The number of allylic oxidation sites excluding steroid dienone is 1. The Labute approximate surface area is 69.7 Å². The van der Waals surface area contributed by atoms with Crippen LogP contribution in [0.2, 0.25) is 0 Å². The lowest BCUT2D eigenvalue weighted by Gasteiger charge is -1.98. The highest BCUT2D eigenvalue weighted by molar-refractivity contribution is 5.69. The van der Waals surface area contributed by atoms with Crippen LogP contribution in [0.3, 0.4) is 0 Å². The van der Waals surface area contributed by atoms with Gasteiger partial charge in [-0.25, -0.2) is 4.39 Å². The van der Waals surface area contributed by atoms with Gasteiger partial charge in [0.25, 0.3) is 5.69 Å². The van der Waals surface area contributed by atoms with Gasteiger partial charge in [0.05, 0.1) is 5.56 Å². The number of benzene rings is 1. The standard InChI is InChI=1S/C9H8FNO/c1-6(2)9-7(10)4-3-5-8(9)11-12/h3-5H,1H2,2H3/p+1. The molecule has 0 aromatic heterocycles. The van der Waals surface area contributed by atoms with Crippen LogP contribution in [0.5, 0.6) is 0 Å². The SMILES string of the molecule is C=C(C)c1c(F)cccc1[NH+]=O. The second-order valence-electron chi connectivity index (χ2n) is 2.54. The summed E-state index contributed by atoms with van der Waals surface area (Å²) >= 11 is 0. The van der Waals surface area contributed by atoms with Gasteiger partial charge in [-0.3, -0.25) is 0 Å². The fraction of sp³-hybridized carbons (Fsp3) is 0.111. The molecule has 0 atom stereocenters. The predicted molar refractivity (Wildman–Crippen MR) is 45.1 cm³/mol. The van der Waals surface area contributed by atoms with Crippen molar-refractivity contribution in [2.24, 2.45) is 0 Å². The van der Waals surface area contributed by atoms with Crippen molar-refractivity contribution in [3.8, 4) is 0 Å². The largest absolute Gasteiger partial charge is 0.263 e. The zero-order valence-electron chi connectivity index (χ0n) is 6.73. The van der Waals surface area contributed by atoms with Crippen LogP contribution in [0.1, 0.15) is 12.5 Å². The van der Waals surface area contributed by atoms with E-state index in [4.69, 9.17) is 0 Å². The van der Waals surface area contributed by atoms with Crippen molar-refractivity contribution < 1.29 is 9.57 Å². The van der Waals surface area contributed by atoms with E-state index in [0.29, 0.717) is 5.57 Å². The molecule has 1 aromatic carbocycles. The van der Waals surface area contributed by atoms with E-state index < -0.39 is 5.82 Å². The molecule has 1 N–H and O–H groups in total. The summed E-state index contributed by atoms with van der Waals surface area (Å²) in [6, 6.07) is 4.28. The molecule has 12 heavy (non-hydrogen) atoms. The molecule has 0 bridgehead atoms. The summed E-state index contributed by atoms with van der Waals surface area (Å²) in [6.45, 7) is 5.23. The molecule has 0 aliphatic heterocycles. The predicted octanol–water partition coefficient (Wildman–Crippen LogP) is 1.34. The molecule has 3 heteroatoms. The lowest BCUT2D eigenvalue weighted by atomic mass is 10.1. The first kappa shape index (κ1) is 8.59. The average molecular weight is 166 g/mol. The fourth-order valence-electron chi connectivity index (χ4n) is 1.04. The molecule has 0 spiro atoms. The third-order valence-electron chi connectivity index (χ3n) is 1.55. The van der Waals surface area contributed by atoms with E-state index in [1.54, 1.807) is 12.1 Å². The molecule has 62 valence electrons. The Morgan fingerprint density at radius 1 is 1.58 bits per heavy atom. The lowest BCUT2D eigenvalue weighted by molar-refractivity contribution is -0.379. The van der Waals surface area contributed by atoms with E-state index in [-0.39, 0.29) is 11.3 Å². The minimum Gasteiger partial charge on any atom is -0.206 e. The molecule has 0 aliphatic carbocycles. The van der Waals surface area contributed by atoms with Crippen LogP contribution in [0, 0.1) is 10.7 Å². The zero-order chi connectivity index (χ0) is 9.14. The number of rotatable bonds is 2. The van der Waals surface area contributed by atoms with Crippen molar-refractivity contribution in [3.63, 3.8) is 0 Å². The molecule has 0 heterocycles. The second-order valence-corrected chi connectivity index (χ2v) is 2.54. The summed E-state index contributed by atoms with van der Waals surface area (Å²) in [7, 11) is 0. The molecule has 0 saturated heterocycles. The third-order valence-corrected chi connectivity index (χ3v) is 1.55. The smallest absolute Gasteiger partial charge is 0.206 e. The molecule has 1 aromatic rings. The Balaban J connectivity index is 3.39. The molecule has 0 unspecified atom stereocenters. The second kappa shape index (κ2) is 3.26. The van der Waals surface area contributed by atoms with Crippen molar-refractivity contribution in [1.82, 2.24) is 0 Å². The lowest BCUT2D eigenvalue weighted by Crippen LogP contribution is -2.56. The molecule has 0 amide bonds. The van der Waals surface area contributed by atoms with Gasteiger partial charge in [-0.2, -0.15) is 0 Å². The van der Waals surface area contributed by atoms with Gasteiger partial charge in [0.1, 0.15) is 5.82 Å². The normalized spacial score (nSPS) is 9.50. The van der Waals surface area contributed by atoms with Crippen LogP contribution in [0.15, 0.2) is 24.8 Å². The van der Waals surface area contributed by atoms with Crippen LogP contribution in [-0.2, 0) is 0 Å². The highest BCUT2D eigenvalue weighted by Gasteiger charge is 2.13. The first-order valence-electron chi connectivity index (χ1n) is 3.49.